The van der Waals surface area contributed by atoms with Gasteiger partial charge in [0.1, 0.15) is 0 Å². The number of hydrogen-bond acceptors (Lipinski definition) is 1. The van der Waals surface area contributed by atoms with Crippen LogP contribution in [0.2, 0.25) is 0 Å². The van der Waals surface area contributed by atoms with Gasteiger partial charge in [-0.1, -0.05) is 85.8 Å². The third kappa shape index (κ3) is 3.03. The average Bonchev–Trinajstić information content (AvgIpc) is 2.71. The Morgan fingerprint density at radius 1 is 0.885 bits per heavy atom. The maximum Gasteiger partial charge on any atom is 0.255 e. The number of nitrogens with zero attached hydrogens (tertiary/aromatic N) is 1. The lowest BCUT2D eigenvalue weighted by molar-refractivity contribution is 0.0627. The molecule has 130 valence electrons. The van der Waals surface area contributed by atoms with Gasteiger partial charge in [-0.15, -0.1) is 0 Å². The van der Waals surface area contributed by atoms with Gasteiger partial charge in [0.25, 0.3) is 5.91 Å². The first-order chi connectivity index (χ1) is 12.8. The average molecular weight is 341 g/mol. The minimum absolute atomic E-state index is 0.154. The Hall–Kier alpha value is -2.87. The van der Waals surface area contributed by atoms with Crippen molar-refractivity contribution in [2.75, 3.05) is 0 Å². The lowest BCUT2D eigenvalue weighted by Gasteiger charge is -2.37. The van der Waals surface area contributed by atoms with E-state index >= 15 is 0 Å². The second kappa shape index (κ2) is 7.17. The summed E-state index contributed by atoms with van der Waals surface area (Å²) >= 11 is 0. The van der Waals surface area contributed by atoms with E-state index in [9.17, 15) is 4.79 Å². The minimum Gasteiger partial charge on any atom is -0.331 e. The van der Waals surface area contributed by atoms with Crippen molar-refractivity contribution in [3.05, 3.63) is 95.6 Å². The van der Waals surface area contributed by atoms with Crippen LogP contribution in [0.5, 0.6) is 0 Å². The fraction of sp³-hybridized carbons (Fsp3) is 0.208. The minimum atomic E-state index is 0.154. The van der Waals surface area contributed by atoms with Crippen LogP contribution >= 0.6 is 0 Å². The van der Waals surface area contributed by atoms with Gasteiger partial charge in [0, 0.05) is 12.6 Å². The molecule has 1 unspecified atom stereocenters. The molecule has 1 atom stereocenters. The Morgan fingerprint density at radius 3 is 2.27 bits per heavy atom. The summed E-state index contributed by atoms with van der Waals surface area (Å²) in [6.45, 7) is 2.84. The highest BCUT2D eigenvalue weighted by Crippen LogP contribution is 2.33. The van der Waals surface area contributed by atoms with Gasteiger partial charge in [0.2, 0.25) is 0 Å². The van der Waals surface area contributed by atoms with Crippen LogP contribution in [0.1, 0.15) is 34.8 Å². The number of amides is 1. The zero-order valence-electron chi connectivity index (χ0n) is 15.1. The van der Waals surface area contributed by atoms with Gasteiger partial charge in [-0.05, 0) is 35.1 Å². The zero-order chi connectivity index (χ0) is 17.9. The summed E-state index contributed by atoms with van der Waals surface area (Å²) in [5, 5.41) is 0. The van der Waals surface area contributed by atoms with Crippen LogP contribution in [-0.2, 0) is 13.0 Å². The molecule has 0 fully saturated rings. The highest BCUT2D eigenvalue weighted by atomic mass is 16.2. The highest BCUT2D eigenvalue weighted by Gasteiger charge is 2.33. The SMILES string of the molecule is CCC1Cc2cccc(-c3ccccc3)c2C(=O)N1Cc1ccccc1. The van der Waals surface area contributed by atoms with Crippen molar-refractivity contribution >= 4 is 5.91 Å². The predicted octanol–water partition coefficient (Wildman–Crippen LogP) is 5.33. The quantitative estimate of drug-likeness (QED) is 0.628. The molecular weight excluding hydrogens is 318 g/mol. The number of fused-ring (bicyclic) bond motifs is 1. The molecule has 1 heterocycles. The van der Waals surface area contributed by atoms with Crippen LogP contribution in [0.15, 0.2) is 78.9 Å². The van der Waals surface area contributed by atoms with Crippen molar-refractivity contribution in [3.63, 3.8) is 0 Å². The molecule has 2 heteroatoms. The number of rotatable bonds is 4. The molecule has 3 aromatic rings. The predicted molar refractivity (Wildman–Crippen MR) is 106 cm³/mol. The fourth-order valence-electron chi connectivity index (χ4n) is 3.90. The largest absolute Gasteiger partial charge is 0.331 e. The van der Waals surface area contributed by atoms with Crippen LogP contribution in [0.4, 0.5) is 0 Å². The van der Waals surface area contributed by atoms with E-state index in [4.69, 9.17) is 0 Å². The van der Waals surface area contributed by atoms with Crippen LogP contribution in [0.3, 0.4) is 0 Å². The van der Waals surface area contributed by atoms with Crippen molar-refractivity contribution in [1.29, 1.82) is 0 Å². The van der Waals surface area contributed by atoms with Crippen molar-refractivity contribution in [1.82, 2.24) is 4.90 Å². The normalized spacial score (nSPS) is 16.4. The molecule has 2 nitrogen and oxygen atoms in total. The number of hydrogen-bond donors (Lipinski definition) is 0. The topological polar surface area (TPSA) is 20.3 Å². The van der Waals surface area contributed by atoms with Crippen molar-refractivity contribution in [2.24, 2.45) is 0 Å². The smallest absolute Gasteiger partial charge is 0.255 e. The molecule has 0 N–H and O–H groups in total. The lowest BCUT2D eigenvalue weighted by atomic mass is 9.86. The molecule has 0 aliphatic carbocycles. The summed E-state index contributed by atoms with van der Waals surface area (Å²) in [4.78, 5) is 15.6. The summed E-state index contributed by atoms with van der Waals surface area (Å²) in [7, 11) is 0. The van der Waals surface area contributed by atoms with E-state index in [1.54, 1.807) is 0 Å². The molecule has 0 spiro atoms. The van der Waals surface area contributed by atoms with Gasteiger partial charge in [-0.2, -0.15) is 0 Å². The maximum absolute atomic E-state index is 13.5. The first kappa shape index (κ1) is 16.6. The Morgan fingerprint density at radius 2 is 1.58 bits per heavy atom. The fourth-order valence-corrected chi connectivity index (χ4v) is 3.90. The van der Waals surface area contributed by atoms with E-state index in [1.165, 1.54) is 11.1 Å². The van der Waals surface area contributed by atoms with Crippen LogP contribution < -0.4 is 0 Å². The van der Waals surface area contributed by atoms with Gasteiger partial charge in [-0.25, -0.2) is 0 Å². The van der Waals surface area contributed by atoms with Crippen molar-refractivity contribution < 1.29 is 4.79 Å². The second-order valence-electron chi connectivity index (χ2n) is 6.89. The molecular formula is C24H23NO. The number of benzene rings is 3. The molecule has 4 rings (SSSR count). The summed E-state index contributed by atoms with van der Waals surface area (Å²) < 4.78 is 0. The maximum atomic E-state index is 13.5. The summed E-state index contributed by atoms with van der Waals surface area (Å²) in [6, 6.07) is 27.0. The molecule has 0 radical (unpaired) electrons. The summed E-state index contributed by atoms with van der Waals surface area (Å²) in [5.41, 5.74) is 5.37. The molecule has 3 aromatic carbocycles. The molecule has 1 amide bonds. The molecule has 0 aromatic heterocycles. The first-order valence-corrected chi connectivity index (χ1v) is 9.30. The number of carbonyl (C=O) groups is 1. The standard InChI is InChI=1S/C24H23NO/c1-2-21-16-20-14-9-15-22(19-12-7-4-8-13-19)23(20)24(26)25(21)17-18-10-5-3-6-11-18/h3-15,21H,2,16-17H2,1H3. The van der Waals surface area contributed by atoms with Gasteiger partial charge in [0.15, 0.2) is 0 Å². The molecule has 26 heavy (non-hydrogen) atoms. The van der Waals surface area contributed by atoms with Crippen LogP contribution in [0.25, 0.3) is 11.1 Å². The third-order valence-electron chi connectivity index (χ3n) is 5.27. The monoisotopic (exact) mass is 341 g/mol. The molecule has 0 saturated heterocycles. The van der Waals surface area contributed by atoms with E-state index in [2.05, 4.69) is 54.3 Å². The van der Waals surface area contributed by atoms with Gasteiger partial charge < -0.3 is 4.90 Å². The van der Waals surface area contributed by atoms with E-state index < -0.39 is 0 Å². The van der Waals surface area contributed by atoms with Crippen LogP contribution in [0, 0.1) is 0 Å². The molecule has 1 aliphatic heterocycles. The summed E-state index contributed by atoms with van der Waals surface area (Å²) in [5.74, 6) is 0.154. The highest BCUT2D eigenvalue weighted by molar-refractivity contribution is 6.03. The number of carbonyl (C=O) groups excluding carboxylic acids is 1. The second-order valence-corrected chi connectivity index (χ2v) is 6.89. The molecule has 0 bridgehead atoms. The molecule has 1 aliphatic rings. The Labute approximate surface area is 155 Å². The molecule has 0 saturated carbocycles. The van der Waals surface area contributed by atoms with E-state index in [1.807, 2.05) is 36.4 Å². The lowest BCUT2D eigenvalue weighted by Crippen LogP contribution is -2.45. The summed E-state index contributed by atoms with van der Waals surface area (Å²) in [6.07, 6.45) is 1.89. The van der Waals surface area contributed by atoms with Gasteiger partial charge in [-0.3, -0.25) is 4.79 Å². The van der Waals surface area contributed by atoms with Crippen molar-refractivity contribution in [3.8, 4) is 11.1 Å². The third-order valence-corrected chi connectivity index (χ3v) is 5.27. The first-order valence-electron chi connectivity index (χ1n) is 9.30. The zero-order valence-corrected chi connectivity index (χ0v) is 15.1. The Balaban J connectivity index is 1.77. The van der Waals surface area contributed by atoms with Gasteiger partial charge >= 0.3 is 0 Å². The van der Waals surface area contributed by atoms with Gasteiger partial charge in [0.05, 0.1) is 5.56 Å². The van der Waals surface area contributed by atoms with E-state index in [0.29, 0.717) is 6.54 Å². The Kier molecular flexibility index (Phi) is 4.57. The van der Waals surface area contributed by atoms with Crippen molar-refractivity contribution in [2.45, 2.75) is 32.4 Å². The van der Waals surface area contributed by atoms with E-state index in [-0.39, 0.29) is 11.9 Å². The van der Waals surface area contributed by atoms with Crippen LogP contribution in [-0.4, -0.2) is 16.8 Å². The Bertz CT molecular complexity index is 902. The van der Waals surface area contributed by atoms with E-state index in [0.717, 1.165) is 29.5 Å².